The quantitative estimate of drug-likeness (QED) is 0.336. The minimum atomic E-state index is -1.13. The van der Waals surface area contributed by atoms with Crippen LogP contribution in [0.25, 0.3) is 11.8 Å². The Morgan fingerprint density at radius 2 is 1.76 bits per heavy atom. The smallest absolute Gasteiger partial charge is 0.335 e. The van der Waals surface area contributed by atoms with E-state index in [0.717, 1.165) is 33.1 Å². The fourth-order valence-electron chi connectivity index (χ4n) is 4.19. The van der Waals surface area contributed by atoms with Gasteiger partial charge in [0.25, 0.3) is 11.8 Å². The fourth-order valence-corrected chi connectivity index (χ4v) is 4.47. The number of nitrogens with one attached hydrogen (secondary N) is 1. The van der Waals surface area contributed by atoms with Gasteiger partial charge >= 0.3 is 5.97 Å². The van der Waals surface area contributed by atoms with Crippen molar-refractivity contribution in [2.24, 2.45) is 0 Å². The molecular formula is C26H23N3O4S. The van der Waals surface area contributed by atoms with Gasteiger partial charge in [-0.1, -0.05) is 23.8 Å². The van der Waals surface area contributed by atoms with Crippen LogP contribution in [-0.2, 0) is 9.59 Å². The molecule has 8 heteroatoms. The second-order valence-corrected chi connectivity index (χ2v) is 8.65. The minimum absolute atomic E-state index is 0.00698. The van der Waals surface area contributed by atoms with Gasteiger partial charge in [-0.2, -0.15) is 0 Å². The molecule has 4 rings (SSSR count). The van der Waals surface area contributed by atoms with Gasteiger partial charge < -0.3 is 9.67 Å². The van der Waals surface area contributed by atoms with Crippen molar-refractivity contribution >= 4 is 46.9 Å². The molecule has 1 aliphatic rings. The first kappa shape index (κ1) is 23.1. The molecule has 2 aromatic carbocycles. The minimum Gasteiger partial charge on any atom is -0.478 e. The van der Waals surface area contributed by atoms with Crippen molar-refractivity contribution in [3.05, 3.63) is 87.7 Å². The molecule has 2 amide bonds. The van der Waals surface area contributed by atoms with Crippen molar-refractivity contribution in [2.45, 2.75) is 27.7 Å². The first-order chi connectivity index (χ1) is 16.1. The zero-order valence-electron chi connectivity index (χ0n) is 19.2. The zero-order valence-corrected chi connectivity index (χ0v) is 20.0. The van der Waals surface area contributed by atoms with Crippen LogP contribution in [0.5, 0.6) is 0 Å². The average Bonchev–Trinajstić information content (AvgIpc) is 3.04. The van der Waals surface area contributed by atoms with Gasteiger partial charge in [-0.15, -0.1) is 0 Å². The molecule has 1 aromatic heterocycles. The maximum atomic E-state index is 13.4. The summed E-state index contributed by atoms with van der Waals surface area (Å²) in [4.78, 5) is 38.6. The number of carbonyl (C=O) groups excluding carboxylic acids is 2. The molecule has 0 bridgehead atoms. The number of aromatic nitrogens is 1. The van der Waals surface area contributed by atoms with Crippen LogP contribution in [0.3, 0.4) is 0 Å². The van der Waals surface area contributed by atoms with E-state index in [2.05, 4.69) is 22.0 Å². The number of anilines is 1. The third kappa shape index (κ3) is 4.04. The van der Waals surface area contributed by atoms with E-state index in [-0.39, 0.29) is 21.9 Å². The van der Waals surface area contributed by atoms with Crippen molar-refractivity contribution in [3.63, 3.8) is 0 Å². The van der Waals surface area contributed by atoms with Crippen LogP contribution >= 0.6 is 12.2 Å². The molecule has 0 radical (unpaired) electrons. The topological polar surface area (TPSA) is 91.6 Å². The SMILES string of the molecule is Cc1ccc(-n2c(C)cc(C=C3C(=O)NC(=S)N(c4cccc(C(=O)O)c4)C3=O)c2C)c(C)c1. The molecular weight excluding hydrogens is 450 g/mol. The van der Waals surface area contributed by atoms with Gasteiger partial charge in [-0.05, 0) is 87.4 Å². The highest BCUT2D eigenvalue weighted by molar-refractivity contribution is 7.80. The van der Waals surface area contributed by atoms with Gasteiger partial charge in [0.05, 0.1) is 11.3 Å². The second-order valence-electron chi connectivity index (χ2n) is 8.27. The molecule has 0 saturated carbocycles. The van der Waals surface area contributed by atoms with Crippen LogP contribution in [0, 0.1) is 27.7 Å². The number of thiocarbonyl (C=S) groups is 1. The average molecular weight is 474 g/mol. The highest BCUT2D eigenvalue weighted by Gasteiger charge is 2.35. The first-order valence-corrected chi connectivity index (χ1v) is 11.0. The van der Waals surface area contributed by atoms with Crippen molar-refractivity contribution in [1.29, 1.82) is 0 Å². The number of hydrogen-bond acceptors (Lipinski definition) is 4. The highest BCUT2D eigenvalue weighted by Crippen LogP contribution is 2.28. The molecule has 34 heavy (non-hydrogen) atoms. The van der Waals surface area contributed by atoms with Crippen LogP contribution in [0.4, 0.5) is 5.69 Å². The van der Waals surface area contributed by atoms with E-state index in [0.29, 0.717) is 0 Å². The van der Waals surface area contributed by atoms with Gasteiger partial charge in [-0.25, -0.2) is 4.79 Å². The van der Waals surface area contributed by atoms with E-state index in [9.17, 15) is 19.5 Å². The van der Waals surface area contributed by atoms with Crippen molar-refractivity contribution < 1.29 is 19.5 Å². The first-order valence-electron chi connectivity index (χ1n) is 10.6. The lowest BCUT2D eigenvalue weighted by Crippen LogP contribution is -2.54. The Morgan fingerprint density at radius 3 is 2.44 bits per heavy atom. The Kier molecular flexibility index (Phi) is 5.93. The predicted octanol–water partition coefficient (Wildman–Crippen LogP) is 4.24. The van der Waals surface area contributed by atoms with E-state index in [1.807, 2.05) is 39.8 Å². The predicted molar refractivity (Wildman–Crippen MR) is 134 cm³/mol. The molecule has 1 saturated heterocycles. The molecule has 3 aromatic rings. The number of amides is 2. The summed E-state index contributed by atoms with van der Waals surface area (Å²) in [6.07, 6.45) is 1.55. The fraction of sp³-hybridized carbons (Fsp3) is 0.154. The Balaban J connectivity index is 1.78. The number of carboxylic acid groups (broad SMARTS) is 1. The molecule has 0 unspecified atom stereocenters. The summed E-state index contributed by atoms with van der Waals surface area (Å²) in [5.74, 6) is -2.35. The summed E-state index contributed by atoms with van der Waals surface area (Å²) in [5, 5.41) is 11.7. The highest BCUT2D eigenvalue weighted by atomic mass is 32.1. The maximum absolute atomic E-state index is 13.4. The number of hydrogen-bond donors (Lipinski definition) is 2. The molecule has 2 N–H and O–H groups in total. The molecule has 2 heterocycles. The summed E-state index contributed by atoms with van der Waals surface area (Å²) in [5.41, 5.74) is 6.05. The summed E-state index contributed by atoms with van der Waals surface area (Å²) >= 11 is 5.22. The molecule has 0 spiro atoms. The number of benzene rings is 2. The third-order valence-electron chi connectivity index (χ3n) is 5.82. The van der Waals surface area contributed by atoms with Crippen LogP contribution < -0.4 is 10.2 Å². The van der Waals surface area contributed by atoms with Gasteiger partial charge in [0, 0.05) is 17.1 Å². The molecule has 0 atom stereocenters. The number of aromatic carboxylic acids is 1. The lowest BCUT2D eigenvalue weighted by Gasteiger charge is -2.29. The van der Waals surface area contributed by atoms with Crippen molar-refractivity contribution in [2.75, 3.05) is 4.90 Å². The molecule has 0 aliphatic carbocycles. The van der Waals surface area contributed by atoms with Gasteiger partial charge in [-0.3, -0.25) is 19.8 Å². The number of nitrogens with zero attached hydrogens (tertiary/aromatic N) is 2. The number of rotatable bonds is 4. The zero-order chi connectivity index (χ0) is 24.7. The second kappa shape index (κ2) is 8.72. The van der Waals surface area contributed by atoms with Crippen LogP contribution in [0.2, 0.25) is 0 Å². The normalized spacial score (nSPS) is 15.1. The molecule has 7 nitrogen and oxygen atoms in total. The summed E-state index contributed by atoms with van der Waals surface area (Å²) in [6, 6.07) is 14.0. The Bertz CT molecular complexity index is 1420. The van der Waals surface area contributed by atoms with Crippen LogP contribution in [0.1, 0.15) is 38.4 Å². The Hall–Kier alpha value is -4.04. The largest absolute Gasteiger partial charge is 0.478 e. The van der Waals surface area contributed by atoms with Gasteiger partial charge in [0.1, 0.15) is 5.57 Å². The number of carboxylic acids is 1. The molecule has 172 valence electrons. The van der Waals surface area contributed by atoms with Crippen LogP contribution in [-0.4, -0.2) is 32.6 Å². The monoisotopic (exact) mass is 473 g/mol. The van der Waals surface area contributed by atoms with Crippen LogP contribution in [0.15, 0.2) is 54.1 Å². The summed E-state index contributed by atoms with van der Waals surface area (Å²) in [7, 11) is 0. The molecule has 1 aliphatic heterocycles. The lowest BCUT2D eigenvalue weighted by molar-refractivity contribution is -0.122. The van der Waals surface area contributed by atoms with E-state index in [4.69, 9.17) is 12.2 Å². The van der Waals surface area contributed by atoms with Crippen molar-refractivity contribution in [3.8, 4) is 5.69 Å². The maximum Gasteiger partial charge on any atom is 0.335 e. The number of carbonyl (C=O) groups is 3. The van der Waals surface area contributed by atoms with E-state index >= 15 is 0 Å². The summed E-state index contributed by atoms with van der Waals surface area (Å²) < 4.78 is 2.09. The summed E-state index contributed by atoms with van der Waals surface area (Å²) in [6.45, 7) is 7.98. The Morgan fingerprint density at radius 1 is 1.03 bits per heavy atom. The van der Waals surface area contributed by atoms with Crippen molar-refractivity contribution in [1.82, 2.24) is 9.88 Å². The lowest BCUT2D eigenvalue weighted by atomic mass is 10.1. The Labute approximate surface area is 202 Å². The third-order valence-corrected chi connectivity index (χ3v) is 6.10. The van der Waals surface area contributed by atoms with E-state index in [1.54, 1.807) is 12.1 Å². The van der Waals surface area contributed by atoms with Gasteiger partial charge in [0.15, 0.2) is 5.11 Å². The van der Waals surface area contributed by atoms with E-state index < -0.39 is 17.8 Å². The van der Waals surface area contributed by atoms with E-state index in [1.165, 1.54) is 23.8 Å². The van der Waals surface area contributed by atoms with Gasteiger partial charge in [0.2, 0.25) is 0 Å². The standard InChI is InChI=1S/C26H23N3O4S/c1-14-8-9-22(15(2)10-14)28-16(3)11-19(17(28)4)13-21-23(30)27-26(34)29(24(21)31)20-7-5-6-18(12-20)25(32)33/h5-13H,1-4H3,(H,32,33)(H,27,30,34). The number of aryl methyl sites for hydroxylation is 3. The molecule has 1 fully saturated rings.